The quantitative estimate of drug-likeness (QED) is 0.930. The Hall–Kier alpha value is -2.13. The summed E-state index contributed by atoms with van der Waals surface area (Å²) in [6.45, 7) is 4.42. The van der Waals surface area contributed by atoms with Crippen LogP contribution in [-0.2, 0) is 6.54 Å². The van der Waals surface area contributed by atoms with Crippen molar-refractivity contribution < 1.29 is 4.79 Å². The van der Waals surface area contributed by atoms with Crippen molar-refractivity contribution in [3.8, 4) is 0 Å². The van der Waals surface area contributed by atoms with Gasteiger partial charge in [-0.15, -0.1) is 0 Å². The first-order valence-corrected chi connectivity index (χ1v) is 6.67. The Bertz CT molecular complexity index is 635. The smallest absolute Gasteiger partial charge is 0.258 e. The zero-order chi connectivity index (χ0) is 14.7. The highest BCUT2D eigenvalue weighted by Gasteiger charge is 2.15. The first-order chi connectivity index (χ1) is 9.52. The average Bonchev–Trinajstić information content (AvgIpc) is 2.48. The Morgan fingerprint density at radius 3 is 2.60 bits per heavy atom. The molecule has 3 nitrogen and oxygen atoms in total. The van der Waals surface area contributed by atoms with Crippen molar-refractivity contribution in [2.45, 2.75) is 20.4 Å². The normalized spacial score (nSPS) is 10.4. The summed E-state index contributed by atoms with van der Waals surface area (Å²) in [7, 11) is 1.79. The van der Waals surface area contributed by atoms with Crippen LogP contribution in [0.4, 0.5) is 5.69 Å². The number of hydrogen-bond donors (Lipinski definition) is 1. The van der Waals surface area contributed by atoms with Crippen molar-refractivity contribution in [2.24, 2.45) is 5.73 Å². The molecule has 0 aromatic heterocycles. The zero-order valence-corrected chi connectivity index (χ0v) is 12.2. The molecule has 0 aliphatic heterocycles. The van der Waals surface area contributed by atoms with Crippen LogP contribution < -0.4 is 10.6 Å². The third-order valence-corrected chi connectivity index (χ3v) is 3.46. The Morgan fingerprint density at radius 1 is 1.15 bits per heavy atom. The lowest BCUT2D eigenvalue weighted by Crippen LogP contribution is -2.27. The number of nitrogens with zero attached hydrogens (tertiary/aromatic N) is 1. The monoisotopic (exact) mass is 268 g/mol. The molecule has 0 fully saturated rings. The van der Waals surface area contributed by atoms with Gasteiger partial charge in [0.2, 0.25) is 0 Å². The van der Waals surface area contributed by atoms with Crippen molar-refractivity contribution in [1.29, 1.82) is 0 Å². The molecule has 0 saturated heterocycles. The van der Waals surface area contributed by atoms with E-state index in [-0.39, 0.29) is 5.91 Å². The maximum Gasteiger partial charge on any atom is 0.258 e. The Balaban J connectivity index is 2.34. The average molecular weight is 268 g/mol. The van der Waals surface area contributed by atoms with E-state index in [2.05, 4.69) is 0 Å². The molecule has 1 amide bonds. The van der Waals surface area contributed by atoms with Crippen molar-refractivity contribution in [2.75, 3.05) is 11.9 Å². The van der Waals surface area contributed by atoms with Gasteiger partial charge in [0.25, 0.3) is 5.91 Å². The maximum absolute atomic E-state index is 12.6. The van der Waals surface area contributed by atoms with E-state index in [0.717, 1.165) is 27.9 Å². The van der Waals surface area contributed by atoms with E-state index in [4.69, 9.17) is 5.73 Å². The molecule has 104 valence electrons. The van der Waals surface area contributed by atoms with Gasteiger partial charge in [-0.25, -0.2) is 0 Å². The molecule has 0 atom stereocenters. The third-order valence-electron chi connectivity index (χ3n) is 3.46. The fourth-order valence-corrected chi connectivity index (χ4v) is 2.16. The van der Waals surface area contributed by atoms with Crippen LogP contribution in [0, 0.1) is 13.8 Å². The Labute approximate surface area is 120 Å². The first kappa shape index (κ1) is 14.3. The van der Waals surface area contributed by atoms with Crippen LogP contribution in [0.2, 0.25) is 0 Å². The number of carbonyl (C=O) groups is 1. The molecule has 0 heterocycles. The molecular weight excluding hydrogens is 248 g/mol. The molecule has 2 aromatic carbocycles. The second-order valence-electron chi connectivity index (χ2n) is 5.06. The largest absolute Gasteiger partial charge is 0.326 e. The molecule has 0 spiro atoms. The van der Waals surface area contributed by atoms with Gasteiger partial charge in [0.05, 0.1) is 0 Å². The SMILES string of the molecule is Cc1ccc(C)c(C(=O)N(C)c2cccc(CN)c2)c1. The molecule has 3 heteroatoms. The molecule has 2 aromatic rings. The summed E-state index contributed by atoms with van der Waals surface area (Å²) in [6, 6.07) is 13.7. The van der Waals surface area contributed by atoms with E-state index < -0.39 is 0 Å². The standard InChI is InChI=1S/C17H20N2O/c1-12-7-8-13(2)16(9-12)17(20)19(3)15-6-4-5-14(10-15)11-18/h4-10H,11,18H2,1-3H3. The van der Waals surface area contributed by atoms with Crippen LogP contribution in [0.1, 0.15) is 27.0 Å². The van der Waals surface area contributed by atoms with Gasteiger partial charge in [-0.05, 0) is 43.2 Å². The summed E-state index contributed by atoms with van der Waals surface area (Å²) < 4.78 is 0. The number of rotatable bonds is 3. The van der Waals surface area contributed by atoms with Crippen molar-refractivity contribution in [3.63, 3.8) is 0 Å². The van der Waals surface area contributed by atoms with E-state index >= 15 is 0 Å². The lowest BCUT2D eigenvalue weighted by Gasteiger charge is -2.19. The van der Waals surface area contributed by atoms with E-state index in [1.807, 2.05) is 56.3 Å². The molecule has 0 aliphatic carbocycles. The van der Waals surface area contributed by atoms with Gasteiger partial charge in [-0.2, -0.15) is 0 Å². The molecule has 0 bridgehead atoms. The minimum atomic E-state index is 0.000344. The van der Waals surface area contributed by atoms with E-state index in [1.54, 1.807) is 11.9 Å². The summed E-state index contributed by atoms with van der Waals surface area (Å²) in [4.78, 5) is 14.3. The predicted molar refractivity (Wildman–Crippen MR) is 83.0 cm³/mol. The van der Waals surface area contributed by atoms with Gasteiger partial charge in [-0.1, -0.05) is 29.8 Å². The van der Waals surface area contributed by atoms with Crippen LogP contribution in [-0.4, -0.2) is 13.0 Å². The predicted octanol–water partition coefficient (Wildman–Crippen LogP) is 3.04. The number of hydrogen-bond acceptors (Lipinski definition) is 2. The van der Waals surface area contributed by atoms with Crippen molar-refractivity contribution in [3.05, 3.63) is 64.7 Å². The fourth-order valence-electron chi connectivity index (χ4n) is 2.16. The Kier molecular flexibility index (Phi) is 4.20. The first-order valence-electron chi connectivity index (χ1n) is 6.67. The summed E-state index contributed by atoms with van der Waals surface area (Å²) in [6.07, 6.45) is 0. The molecule has 0 aliphatic rings. The fraction of sp³-hybridized carbons (Fsp3) is 0.235. The van der Waals surface area contributed by atoms with Gasteiger partial charge < -0.3 is 10.6 Å². The van der Waals surface area contributed by atoms with Gasteiger partial charge in [0, 0.05) is 24.8 Å². The van der Waals surface area contributed by atoms with Crippen molar-refractivity contribution in [1.82, 2.24) is 0 Å². The van der Waals surface area contributed by atoms with Crippen LogP contribution in [0.5, 0.6) is 0 Å². The number of carbonyl (C=O) groups excluding carboxylic acids is 1. The summed E-state index contributed by atoms with van der Waals surface area (Å²) in [5, 5.41) is 0. The van der Waals surface area contributed by atoms with Gasteiger partial charge in [0.1, 0.15) is 0 Å². The summed E-state index contributed by atoms with van der Waals surface area (Å²) in [5.41, 5.74) is 10.3. The highest BCUT2D eigenvalue weighted by molar-refractivity contribution is 6.06. The second-order valence-corrected chi connectivity index (χ2v) is 5.06. The topological polar surface area (TPSA) is 46.3 Å². The highest BCUT2D eigenvalue weighted by Crippen LogP contribution is 2.19. The van der Waals surface area contributed by atoms with Crippen LogP contribution in [0.3, 0.4) is 0 Å². The molecule has 2 N–H and O–H groups in total. The minimum Gasteiger partial charge on any atom is -0.326 e. The lowest BCUT2D eigenvalue weighted by molar-refractivity contribution is 0.0992. The maximum atomic E-state index is 12.6. The van der Waals surface area contributed by atoms with E-state index in [9.17, 15) is 4.79 Å². The molecule has 2 rings (SSSR count). The van der Waals surface area contributed by atoms with Crippen LogP contribution in [0.15, 0.2) is 42.5 Å². The number of aryl methyl sites for hydroxylation is 2. The molecule has 0 unspecified atom stereocenters. The summed E-state index contributed by atoms with van der Waals surface area (Å²) >= 11 is 0. The number of anilines is 1. The lowest BCUT2D eigenvalue weighted by atomic mass is 10.0. The van der Waals surface area contributed by atoms with E-state index in [0.29, 0.717) is 6.54 Å². The van der Waals surface area contributed by atoms with Gasteiger partial charge >= 0.3 is 0 Å². The van der Waals surface area contributed by atoms with Gasteiger partial charge in [-0.3, -0.25) is 4.79 Å². The molecule has 0 radical (unpaired) electrons. The minimum absolute atomic E-state index is 0.000344. The number of amides is 1. The second kappa shape index (κ2) is 5.88. The van der Waals surface area contributed by atoms with Gasteiger partial charge in [0.15, 0.2) is 0 Å². The highest BCUT2D eigenvalue weighted by atomic mass is 16.2. The van der Waals surface area contributed by atoms with Crippen LogP contribution in [0.25, 0.3) is 0 Å². The third kappa shape index (κ3) is 2.89. The molecule has 0 saturated carbocycles. The van der Waals surface area contributed by atoms with E-state index in [1.165, 1.54) is 0 Å². The Morgan fingerprint density at radius 2 is 1.90 bits per heavy atom. The molecular formula is C17H20N2O. The van der Waals surface area contributed by atoms with Crippen molar-refractivity contribution >= 4 is 11.6 Å². The number of benzene rings is 2. The molecule has 20 heavy (non-hydrogen) atoms. The summed E-state index contributed by atoms with van der Waals surface area (Å²) in [5.74, 6) is 0.000344. The van der Waals surface area contributed by atoms with Crippen LogP contribution >= 0.6 is 0 Å². The zero-order valence-electron chi connectivity index (χ0n) is 12.2. The number of nitrogens with two attached hydrogens (primary N) is 1.